The van der Waals surface area contributed by atoms with Crippen LogP contribution in [0.15, 0.2) is 18.2 Å². The van der Waals surface area contributed by atoms with Gasteiger partial charge in [-0.2, -0.15) is 0 Å². The summed E-state index contributed by atoms with van der Waals surface area (Å²) in [5, 5.41) is 2.86. The SMILES string of the molecule is COc1cccc2c1NC(=O)CN2C(C)C. The highest BCUT2D eigenvalue weighted by Gasteiger charge is 2.25. The van der Waals surface area contributed by atoms with Crippen LogP contribution in [0.3, 0.4) is 0 Å². The molecule has 0 aromatic heterocycles. The molecule has 1 aromatic rings. The zero-order valence-corrected chi connectivity index (χ0v) is 9.78. The summed E-state index contributed by atoms with van der Waals surface area (Å²) in [6.45, 7) is 4.54. The number of para-hydroxylation sites is 1. The average molecular weight is 220 g/mol. The Labute approximate surface area is 95.2 Å². The zero-order valence-electron chi connectivity index (χ0n) is 9.78. The van der Waals surface area contributed by atoms with E-state index >= 15 is 0 Å². The number of rotatable bonds is 2. The Morgan fingerprint density at radius 3 is 2.81 bits per heavy atom. The van der Waals surface area contributed by atoms with Gasteiger partial charge in [0.2, 0.25) is 5.91 Å². The molecule has 1 amide bonds. The van der Waals surface area contributed by atoms with Crippen LogP contribution in [0.4, 0.5) is 11.4 Å². The first-order valence-electron chi connectivity index (χ1n) is 5.37. The van der Waals surface area contributed by atoms with E-state index in [0.29, 0.717) is 12.3 Å². The number of amides is 1. The first-order chi connectivity index (χ1) is 7.63. The summed E-state index contributed by atoms with van der Waals surface area (Å²) in [4.78, 5) is 13.7. The van der Waals surface area contributed by atoms with Crippen molar-refractivity contribution in [3.8, 4) is 5.75 Å². The standard InChI is InChI=1S/C12H16N2O2/c1-8(2)14-7-11(15)13-12-9(14)5-4-6-10(12)16-3/h4-6,8H,7H2,1-3H3,(H,13,15). The molecular weight excluding hydrogens is 204 g/mol. The Kier molecular flexibility index (Phi) is 2.73. The molecule has 16 heavy (non-hydrogen) atoms. The minimum atomic E-state index is 0.00528. The Morgan fingerprint density at radius 2 is 2.19 bits per heavy atom. The van der Waals surface area contributed by atoms with E-state index in [1.165, 1.54) is 0 Å². The summed E-state index contributed by atoms with van der Waals surface area (Å²) < 4.78 is 5.25. The second-order valence-corrected chi connectivity index (χ2v) is 4.12. The van der Waals surface area contributed by atoms with Crippen LogP contribution < -0.4 is 15.0 Å². The van der Waals surface area contributed by atoms with E-state index in [2.05, 4.69) is 24.1 Å². The summed E-state index contributed by atoms with van der Waals surface area (Å²) in [6, 6.07) is 6.07. The van der Waals surface area contributed by atoms with Crippen molar-refractivity contribution >= 4 is 17.3 Å². The molecule has 2 rings (SSSR count). The summed E-state index contributed by atoms with van der Waals surface area (Å²) in [5.41, 5.74) is 1.80. The molecule has 1 N–H and O–H groups in total. The van der Waals surface area contributed by atoms with Crippen LogP contribution in [0.1, 0.15) is 13.8 Å². The predicted octanol–water partition coefficient (Wildman–Crippen LogP) is 1.86. The van der Waals surface area contributed by atoms with Gasteiger partial charge in [-0.3, -0.25) is 4.79 Å². The third kappa shape index (κ3) is 1.71. The van der Waals surface area contributed by atoms with E-state index in [4.69, 9.17) is 4.74 Å². The van der Waals surface area contributed by atoms with Crippen molar-refractivity contribution in [1.82, 2.24) is 0 Å². The molecule has 1 heterocycles. The third-order valence-corrected chi connectivity index (χ3v) is 2.74. The summed E-state index contributed by atoms with van der Waals surface area (Å²) in [5.74, 6) is 0.710. The molecule has 86 valence electrons. The lowest BCUT2D eigenvalue weighted by atomic mass is 10.1. The maximum Gasteiger partial charge on any atom is 0.244 e. The van der Waals surface area contributed by atoms with E-state index in [1.54, 1.807) is 7.11 Å². The second-order valence-electron chi connectivity index (χ2n) is 4.12. The van der Waals surface area contributed by atoms with Gasteiger partial charge < -0.3 is 15.0 Å². The highest BCUT2D eigenvalue weighted by Crippen LogP contribution is 2.38. The monoisotopic (exact) mass is 220 g/mol. The second kappa shape index (κ2) is 4.04. The van der Waals surface area contributed by atoms with Gasteiger partial charge in [-0.25, -0.2) is 0 Å². The molecule has 1 aliphatic heterocycles. The molecule has 0 saturated heterocycles. The molecule has 0 radical (unpaired) electrons. The predicted molar refractivity (Wildman–Crippen MR) is 64.1 cm³/mol. The highest BCUT2D eigenvalue weighted by atomic mass is 16.5. The fourth-order valence-corrected chi connectivity index (χ4v) is 1.93. The van der Waals surface area contributed by atoms with E-state index in [9.17, 15) is 4.79 Å². The van der Waals surface area contributed by atoms with Gasteiger partial charge in [-0.15, -0.1) is 0 Å². The highest BCUT2D eigenvalue weighted by molar-refractivity contribution is 6.03. The number of nitrogens with one attached hydrogen (secondary N) is 1. The minimum absolute atomic E-state index is 0.00528. The van der Waals surface area contributed by atoms with Crippen molar-refractivity contribution in [2.45, 2.75) is 19.9 Å². The molecule has 0 spiro atoms. The van der Waals surface area contributed by atoms with Gasteiger partial charge in [0.05, 0.1) is 19.3 Å². The van der Waals surface area contributed by atoms with Crippen LogP contribution in [0.5, 0.6) is 5.75 Å². The van der Waals surface area contributed by atoms with Crippen molar-refractivity contribution in [3.05, 3.63) is 18.2 Å². The van der Waals surface area contributed by atoms with Crippen molar-refractivity contribution in [2.24, 2.45) is 0 Å². The lowest BCUT2D eigenvalue weighted by Crippen LogP contribution is -2.42. The number of hydrogen-bond donors (Lipinski definition) is 1. The zero-order chi connectivity index (χ0) is 11.7. The van der Waals surface area contributed by atoms with Gasteiger partial charge >= 0.3 is 0 Å². The lowest BCUT2D eigenvalue weighted by molar-refractivity contribution is -0.115. The van der Waals surface area contributed by atoms with Crippen molar-refractivity contribution in [2.75, 3.05) is 23.9 Å². The van der Waals surface area contributed by atoms with Gasteiger partial charge in [0.1, 0.15) is 11.4 Å². The number of fused-ring (bicyclic) bond motifs is 1. The quantitative estimate of drug-likeness (QED) is 0.827. The topological polar surface area (TPSA) is 41.6 Å². The third-order valence-electron chi connectivity index (χ3n) is 2.74. The minimum Gasteiger partial charge on any atom is -0.494 e. The number of hydrogen-bond acceptors (Lipinski definition) is 3. The number of carbonyl (C=O) groups excluding carboxylic acids is 1. The van der Waals surface area contributed by atoms with Gasteiger partial charge in [0, 0.05) is 6.04 Å². The Hall–Kier alpha value is -1.71. The van der Waals surface area contributed by atoms with E-state index < -0.39 is 0 Å². The lowest BCUT2D eigenvalue weighted by Gasteiger charge is -2.34. The van der Waals surface area contributed by atoms with Gasteiger partial charge in [-0.1, -0.05) is 6.07 Å². The van der Waals surface area contributed by atoms with Crippen LogP contribution in [0.2, 0.25) is 0 Å². The largest absolute Gasteiger partial charge is 0.494 e. The normalized spacial score (nSPS) is 14.8. The van der Waals surface area contributed by atoms with Crippen LogP contribution in [0, 0.1) is 0 Å². The van der Waals surface area contributed by atoms with Crippen LogP contribution in [0.25, 0.3) is 0 Å². The molecular formula is C12H16N2O2. The first-order valence-corrected chi connectivity index (χ1v) is 5.37. The molecule has 0 aliphatic carbocycles. The summed E-state index contributed by atoms with van der Waals surface area (Å²) >= 11 is 0. The molecule has 4 nitrogen and oxygen atoms in total. The molecule has 1 aromatic carbocycles. The Bertz CT molecular complexity index is 415. The van der Waals surface area contributed by atoms with Gasteiger partial charge in [0.25, 0.3) is 0 Å². The molecule has 0 saturated carbocycles. The van der Waals surface area contributed by atoms with Crippen LogP contribution in [-0.4, -0.2) is 25.6 Å². The van der Waals surface area contributed by atoms with Crippen molar-refractivity contribution in [3.63, 3.8) is 0 Å². The van der Waals surface area contributed by atoms with Gasteiger partial charge in [0.15, 0.2) is 0 Å². The number of benzene rings is 1. The maximum absolute atomic E-state index is 11.6. The number of carbonyl (C=O) groups is 1. The van der Waals surface area contributed by atoms with E-state index in [1.807, 2.05) is 18.2 Å². The maximum atomic E-state index is 11.6. The van der Waals surface area contributed by atoms with Crippen LogP contribution in [-0.2, 0) is 4.79 Å². The molecule has 0 fully saturated rings. The van der Waals surface area contributed by atoms with Crippen molar-refractivity contribution < 1.29 is 9.53 Å². The summed E-state index contributed by atoms with van der Waals surface area (Å²) in [7, 11) is 1.61. The number of ether oxygens (including phenoxy) is 1. The Morgan fingerprint density at radius 1 is 1.44 bits per heavy atom. The van der Waals surface area contributed by atoms with Gasteiger partial charge in [-0.05, 0) is 26.0 Å². The number of methoxy groups -OCH3 is 1. The molecule has 0 atom stereocenters. The fraction of sp³-hybridized carbons (Fsp3) is 0.417. The molecule has 4 heteroatoms. The number of nitrogens with zero attached hydrogens (tertiary/aromatic N) is 1. The van der Waals surface area contributed by atoms with E-state index in [0.717, 1.165) is 11.4 Å². The molecule has 0 bridgehead atoms. The Balaban J connectivity index is 2.51. The van der Waals surface area contributed by atoms with Crippen LogP contribution >= 0.6 is 0 Å². The van der Waals surface area contributed by atoms with E-state index in [-0.39, 0.29) is 11.9 Å². The fourth-order valence-electron chi connectivity index (χ4n) is 1.93. The van der Waals surface area contributed by atoms with Crippen molar-refractivity contribution in [1.29, 1.82) is 0 Å². The smallest absolute Gasteiger partial charge is 0.244 e. The molecule has 0 unspecified atom stereocenters. The molecule has 1 aliphatic rings. The summed E-state index contributed by atoms with van der Waals surface area (Å²) in [6.07, 6.45) is 0. The average Bonchev–Trinajstić information content (AvgIpc) is 2.27. The number of anilines is 2. The first kappa shape index (κ1) is 10.8.